The summed E-state index contributed by atoms with van der Waals surface area (Å²) in [4.78, 5) is 13.6. The SMILES string of the molecule is CCN1C(=O)c2ccc(F)cc2S(=O)(=O)c2cc(S(=O)(=O)NC3CCNCC3)c(C(C)C)cc21.Cl. The van der Waals surface area contributed by atoms with Gasteiger partial charge in [0.05, 0.1) is 25.9 Å². The number of nitrogens with zero attached hydrogens (tertiary/aromatic N) is 1. The lowest BCUT2D eigenvalue weighted by Gasteiger charge is -2.26. The molecule has 35 heavy (non-hydrogen) atoms. The third-order valence-electron chi connectivity index (χ3n) is 6.27. The molecular formula is C23H29ClFN3O5S2. The molecule has 1 saturated heterocycles. The van der Waals surface area contributed by atoms with Gasteiger partial charge in [-0.1, -0.05) is 13.8 Å². The third kappa shape index (κ3) is 4.97. The Bertz CT molecular complexity index is 1360. The molecular weight excluding hydrogens is 517 g/mol. The van der Waals surface area contributed by atoms with Gasteiger partial charge in [-0.3, -0.25) is 4.79 Å². The molecule has 0 aromatic heterocycles. The van der Waals surface area contributed by atoms with Gasteiger partial charge in [-0.05, 0) is 74.7 Å². The maximum Gasteiger partial charge on any atom is 0.259 e. The Kier molecular flexibility index (Phi) is 7.97. The molecule has 0 aliphatic carbocycles. The van der Waals surface area contributed by atoms with E-state index in [9.17, 15) is 26.0 Å². The first-order valence-electron chi connectivity index (χ1n) is 11.2. The minimum atomic E-state index is -4.40. The van der Waals surface area contributed by atoms with E-state index in [1.165, 1.54) is 11.0 Å². The Balaban J connectivity index is 0.00000342. The Labute approximate surface area is 211 Å². The Hall–Kier alpha value is -2.05. The number of anilines is 1. The average Bonchev–Trinajstić information content (AvgIpc) is 2.85. The van der Waals surface area contributed by atoms with Crippen molar-refractivity contribution < 1.29 is 26.0 Å². The quantitative estimate of drug-likeness (QED) is 0.596. The van der Waals surface area contributed by atoms with Crippen molar-refractivity contribution in [2.45, 2.75) is 60.3 Å². The number of nitrogens with one attached hydrogen (secondary N) is 2. The number of fused-ring (bicyclic) bond motifs is 2. The van der Waals surface area contributed by atoms with Crippen LogP contribution < -0.4 is 14.9 Å². The zero-order valence-corrected chi connectivity index (χ0v) is 22.1. The van der Waals surface area contributed by atoms with Gasteiger partial charge >= 0.3 is 0 Å². The molecule has 0 spiro atoms. The molecule has 2 aromatic rings. The maximum absolute atomic E-state index is 14.1. The smallest absolute Gasteiger partial charge is 0.259 e. The summed E-state index contributed by atoms with van der Waals surface area (Å²) in [7, 11) is -8.47. The first-order chi connectivity index (χ1) is 16.0. The van der Waals surface area contributed by atoms with Crippen LogP contribution in [0.3, 0.4) is 0 Å². The molecule has 0 unspecified atom stereocenters. The third-order valence-corrected chi connectivity index (χ3v) is 9.67. The summed E-state index contributed by atoms with van der Waals surface area (Å²) in [5.74, 6) is -1.66. The van der Waals surface area contributed by atoms with Crippen molar-refractivity contribution in [3.8, 4) is 0 Å². The van der Waals surface area contributed by atoms with Crippen LogP contribution in [-0.2, 0) is 19.9 Å². The standard InChI is InChI=1S/C23H28FN3O5S2.ClH/c1-4-27-19-12-18(14(2)3)21(34(31,32)26-16-7-9-25-10-8-16)13-22(19)33(29,30)20-11-15(24)5-6-17(20)23(27)28;/h5-6,11-14,16,25-26H,4,7-10H2,1-3H3;1H. The van der Waals surface area contributed by atoms with E-state index < -0.39 is 36.5 Å². The van der Waals surface area contributed by atoms with Crippen LogP contribution in [0.4, 0.5) is 10.1 Å². The van der Waals surface area contributed by atoms with Crippen LogP contribution in [-0.4, -0.2) is 48.4 Å². The lowest BCUT2D eigenvalue weighted by molar-refractivity contribution is 0.0985. The van der Waals surface area contributed by atoms with Gasteiger partial charge in [-0.25, -0.2) is 25.9 Å². The van der Waals surface area contributed by atoms with Gasteiger partial charge in [0.2, 0.25) is 19.9 Å². The molecule has 2 N–H and O–H groups in total. The fourth-order valence-corrected chi connectivity index (χ4v) is 7.90. The molecule has 0 atom stereocenters. The number of sulfone groups is 1. The highest BCUT2D eigenvalue weighted by atomic mass is 35.5. The van der Waals surface area contributed by atoms with Crippen molar-refractivity contribution >= 4 is 43.9 Å². The van der Waals surface area contributed by atoms with Gasteiger partial charge in [-0.2, -0.15) is 0 Å². The average molecular weight is 546 g/mol. The first kappa shape index (κ1) is 27.5. The summed E-state index contributed by atoms with van der Waals surface area (Å²) in [5, 5.41) is 3.18. The topological polar surface area (TPSA) is 113 Å². The highest BCUT2D eigenvalue weighted by molar-refractivity contribution is 7.92. The van der Waals surface area contributed by atoms with E-state index in [1.54, 1.807) is 20.8 Å². The molecule has 8 nitrogen and oxygen atoms in total. The lowest BCUT2D eigenvalue weighted by atomic mass is 10.0. The number of carbonyl (C=O) groups excluding carboxylic acids is 1. The summed E-state index contributed by atoms with van der Waals surface area (Å²) in [6.07, 6.45) is 1.23. The van der Waals surface area contributed by atoms with Crippen molar-refractivity contribution in [2.24, 2.45) is 0 Å². The molecule has 2 aromatic carbocycles. The van der Waals surface area contributed by atoms with Gasteiger partial charge in [0.15, 0.2) is 0 Å². The minimum Gasteiger partial charge on any atom is -0.317 e. The Morgan fingerprint density at radius 1 is 1.14 bits per heavy atom. The number of hydrogen-bond donors (Lipinski definition) is 2. The zero-order chi connectivity index (χ0) is 24.8. The second-order valence-electron chi connectivity index (χ2n) is 8.85. The van der Waals surface area contributed by atoms with Crippen molar-refractivity contribution in [3.05, 3.63) is 47.3 Å². The molecule has 192 valence electrons. The van der Waals surface area contributed by atoms with E-state index in [1.807, 2.05) is 0 Å². The first-order valence-corrected chi connectivity index (χ1v) is 14.2. The summed E-state index contributed by atoms with van der Waals surface area (Å²) in [6.45, 7) is 6.81. The van der Waals surface area contributed by atoms with Crippen molar-refractivity contribution in [3.63, 3.8) is 0 Å². The molecule has 0 radical (unpaired) electrons. The van der Waals surface area contributed by atoms with Crippen LogP contribution >= 0.6 is 12.4 Å². The van der Waals surface area contributed by atoms with E-state index in [-0.39, 0.29) is 52.0 Å². The van der Waals surface area contributed by atoms with E-state index in [2.05, 4.69) is 10.0 Å². The number of piperidine rings is 1. The molecule has 12 heteroatoms. The van der Waals surface area contributed by atoms with Gasteiger partial charge in [0.1, 0.15) is 5.82 Å². The summed E-state index contributed by atoms with van der Waals surface area (Å²) >= 11 is 0. The normalized spacial score (nSPS) is 18.0. The van der Waals surface area contributed by atoms with Crippen LogP contribution in [0, 0.1) is 5.82 Å². The summed E-state index contributed by atoms with van der Waals surface area (Å²) in [5.41, 5.74) is 0.343. The van der Waals surface area contributed by atoms with Crippen LogP contribution in [0.2, 0.25) is 0 Å². The van der Waals surface area contributed by atoms with E-state index in [0.717, 1.165) is 24.3 Å². The molecule has 4 rings (SSSR count). The predicted octanol–water partition coefficient (Wildman–Crippen LogP) is 3.21. The van der Waals surface area contributed by atoms with E-state index in [4.69, 9.17) is 0 Å². The van der Waals surface area contributed by atoms with Crippen molar-refractivity contribution in [1.29, 1.82) is 0 Å². The van der Waals surface area contributed by atoms with Gasteiger partial charge in [-0.15, -0.1) is 12.4 Å². The van der Waals surface area contributed by atoms with Crippen molar-refractivity contribution in [1.82, 2.24) is 10.0 Å². The molecule has 1 amide bonds. The summed E-state index contributed by atoms with van der Waals surface area (Å²) < 4.78 is 71.0. The van der Waals surface area contributed by atoms with Crippen LogP contribution in [0.1, 0.15) is 55.5 Å². The number of hydrogen-bond acceptors (Lipinski definition) is 6. The summed E-state index contributed by atoms with van der Waals surface area (Å²) in [6, 6.07) is 5.32. The van der Waals surface area contributed by atoms with Gasteiger partial charge in [0, 0.05) is 12.6 Å². The van der Waals surface area contributed by atoms with Gasteiger partial charge < -0.3 is 10.2 Å². The fourth-order valence-electron chi connectivity index (χ4n) is 4.48. The van der Waals surface area contributed by atoms with Crippen LogP contribution in [0.15, 0.2) is 45.0 Å². The minimum absolute atomic E-state index is 0. The molecule has 2 aliphatic rings. The predicted molar refractivity (Wildman–Crippen MR) is 133 cm³/mol. The van der Waals surface area contributed by atoms with Crippen LogP contribution in [0.5, 0.6) is 0 Å². The highest BCUT2D eigenvalue weighted by Gasteiger charge is 2.38. The number of amides is 1. The monoisotopic (exact) mass is 545 g/mol. The zero-order valence-electron chi connectivity index (χ0n) is 19.7. The Morgan fingerprint density at radius 2 is 1.80 bits per heavy atom. The molecule has 2 aliphatic heterocycles. The van der Waals surface area contributed by atoms with Crippen LogP contribution in [0.25, 0.3) is 0 Å². The largest absolute Gasteiger partial charge is 0.317 e. The molecule has 0 bridgehead atoms. The highest BCUT2D eigenvalue weighted by Crippen LogP contribution is 2.41. The van der Waals surface area contributed by atoms with Crippen molar-refractivity contribution in [2.75, 3.05) is 24.5 Å². The second-order valence-corrected chi connectivity index (χ2v) is 12.4. The lowest BCUT2D eigenvalue weighted by Crippen LogP contribution is -2.43. The fraction of sp³-hybridized carbons (Fsp3) is 0.435. The number of benzene rings is 2. The number of halogens is 2. The van der Waals surface area contributed by atoms with E-state index >= 15 is 0 Å². The number of rotatable bonds is 5. The number of carbonyl (C=O) groups is 1. The Morgan fingerprint density at radius 3 is 2.40 bits per heavy atom. The van der Waals surface area contributed by atoms with E-state index in [0.29, 0.717) is 31.5 Å². The molecule has 2 heterocycles. The molecule has 0 saturated carbocycles. The maximum atomic E-state index is 14.1. The van der Waals surface area contributed by atoms with Gasteiger partial charge in [0.25, 0.3) is 5.91 Å². The second kappa shape index (κ2) is 10.1. The number of sulfonamides is 1. The molecule has 1 fully saturated rings.